The highest BCUT2D eigenvalue weighted by Gasteiger charge is 2.41. The smallest absolute Gasteiger partial charge is 0.319 e. The van der Waals surface area contributed by atoms with Gasteiger partial charge >= 0.3 is 6.03 Å². The second-order valence-corrected chi connectivity index (χ2v) is 8.18. The molecule has 0 spiro atoms. The van der Waals surface area contributed by atoms with Gasteiger partial charge in [-0.3, -0.25) is 15.1 Å². The van der Waals surface area contributed by atoms with E-state index in [2.05, 4.69) is 16.0 Å². The molecule has 0 atom stereocenters. The van der Waals surface area contributed by atoms with Crippen molar-refractivity contribution in [3.8, 4) is 0 Å². The van der Waals surface area contributed by atoms with Crippen LogP contribution in [-0.2, 0) is 17.9 Å². The third-order valence-corrected chi connectivity index (χ3v) is 5.30. The fraction of sp³-hybridized carbons (Fsp3) is 0.208. The van der Waals surface area contributed by atoms with Gasteiger partial charge in [-0.25, -0.2) is 4.79 Å². The Morgan fingerprint density at radius 3 is 2.35 bits per heavy atom. The zero-order valence-corrected chi connectivity index (χ0v) is 17.5. The molecular weight excluding hydrogens is 390 g/mol. The molecule has 7 nitrogen and oxygen atoms in total. The number of urea groups is 1. The average Bonchev–Trinajstić information content (AvgIpc) is 2.94. The number of hydrogen-bond donors (Lipinski definition) is 4. The zero-order valence-electron chi connectivity index (χ0n) is 17.5. The van der Waals surface area contributed by atoms with E-state index in [4.69, 9.17) is 5.41 Å². The molecule has 0 unspecified atom stereocenters. The number of anilines is 1. The van der Waals surface area contributed by atoms with Gasteiger partial charge in [-0.2, -0.15) is 0 Å². The monoisotopic (exact) mass is 415 g/mol. The molecule has 158 valence electrons. The summed E-state index contributed by atoms with van der Waals surface area (Å²) >= 11 is 0. The highest BCUT2D eigenvalue weighted by atomic mass is 16.2. The maximum Gasteiger partial charge on any atom is 0.319 e. The van der Waals surface area contributed by atoms with Gasteiger partial charge in [0.15, 0.2) is 5.96 Å². The molecule has 0 saturated carbocycles. The highest BCUT2D eigenvalue weighted by Crippen LogP contribution is 2.20. The third-order valence-electron chi connectivity index (χ3n) is 5.30. The number of rotatable bonds is 5. The van der Waals surface area contributed by atoms with Crippen molar-refractivity contribution in [1.82, 2.24) is 15.5 Å². The number of benzene rings is 3. The van der Waals surface area contributed by atoms with Crippen molar-refractivity contribution >= 4 is 34.4 Å². The van der Waals surface area contributed by atoms with E-state index in [0.29, 0.717) is 13.1 Å². The molecule has 31 heavy (non-hydrogen) atoms. The number of guanidine groups is 1. The first-order valence-corrected chi connectivity index (χ1v) is 10.1. The highest BCUT2D eigenvalue weighted by molar-refractivity contribution is 6.07. The van der Waals surface area contributed by atoms with Crippen molar-refractivity contribution in [3.63, 3.8) is 0 Å². The molecule has 4 N–H and O–H groups in total. The van der Waals surface area contributed by atoms with Crippen LogP contribution in [-0.4, -0.2) is 28.3 Å². The fourth-order valence-corrected chi connectivity index (χ4v) is 3.58. The average molecular weight is 415 g/mol. The van der Waals surface area contributed by atoms with E-state index in [1.165, 1.54) is 4.90 Å². The minimum atomic E-state index is -0.751. The fourth-order valence-electron chi connectivity index (χ4n) is 3.58. The van der Waals surface area contributed by atoms with Crippen LogP contribution >= 0.6 is 0 Å². The molecule has 1 aliphatic heterocycles. The largest absolute Gasteiger partial charge is 0.342 e. The van der Waals surface area contributed by atoms with Crippen molar-refractivity contribution in [2.24, 2.45) is 0 Å². The predicted molar refractivity (Wildman–Crippen MR) is 122 cm³/mol. The number of fused-ring (bicyclic) bond motifs is 1. The first kappa shape index (κ1) is 20.4. The molecule has 0 aliphatic carbocycles. The van der Waals surface area contributed by atoms with Crippen LogP contribution in [0.15, 0.2) is 66.7 Å². The summed E-state index contributed by atoms with van der Waals surface area (Å²) in [5.41, 5.74) is 1.85. The number of nitrogens with zero attached hydrogens (tertiary/aromatic N) is 1. The van der Waals surface area contributed by atoms with Crippen LogP contribution in [0.25, 0.3) is 10.8 Å². The van der Waals surface area contributed by atoms with E-state index in [9.17, 15) is 9.59 Å². The Morgan fingerprint density at radius 2 is 1.68 bits per heavy atom. The summed E-state index contributed by atoms with van der Waals surface area (Å²) in [7, 11) is 0. The summed E-state index contributed by atoms with van der Waals surface area (Å²) in [4.78, 5) is 26.1. The lowest BCUT2D eigenvalue weighted by Crippen LogP contribution is -2.40. The quantitative estimate of drug-likeness (QED) is 0.510. The van der Waals surface area contributed by atoms with E-state index in [1.807, 2.05) is 66.7 Å². The van der Waals surface area contributed by atoms with Gasteiger partial charge in [-0.1, -0.05) is 54.6 Å². The number of carbonyl (C=O) groups is 2. The van der Waals surface area contributed by atoms with E-state index < -0.39 is 5.54 Å². The van der Waals surface area contributed by atoms with E-state index >= 15 is 0 Å². The summed E-state index contributed by atoms with van der Waals surface area (Å²) in [6.45, 7) is 4.25. The van der Waals surface area contributed by atoms with Crippen LogP contribution in [0.1, 0.15) is 25.0 Å². The standard InChI is InChI=1S/C24H25N5O2/c1-24(2)21(30)29(22(25)28-24)15-17-9-7-16(8-10-17)14-26-23(31)27-20-12-11-18-5-3-4-6-19(18)13-20/h3-13H,14-15H2,1-2H3,(H2,25,28)(H2,26,27,31). The van der Waals surface area contributed by atoms with Gasteiger partial charge in [-0.05, 0) is 47.9 Å². The van der Waals surface area contributed by atoms with Crippen LogP contribution in [0.2, 0.25) is 0 Å². The van der Waals surface area contributed by atoms with Crippen LogP contribution in [0, 0.1) is 5.41 Å². The van der Waals surface area contributed by atoms with Gasteiger partial charge in [-0.15, -0.1) is 0 Å². The molecule has 0 aromatic heterocycles. The van der Waals surface area contributed by atoms with Gasteiger partial charge < -0.3 is 16.0 Å². The Hall–Kier alpha value is -3.87. The second kappa shape index (κ2) is 8.10. The molecular formula is C24H25N5O2. The molecule has 4 rings (SSSR count). The van der Waals surface area contributed by atoms with Crippen LogP contribution in [0.5, 0.6) is 0 Å². The minimum absolute atomic E-state index is 0.117. The topological polar surface area (TPSA) is 97.3 Å². The molecule has 1 heterocycles. The van der Waals surface area contributed by atoms with Crippen LogP contribution in [0.3, 0.4) is 0 Å². The van der Waals surface area contributed by atoms with Gasteiger partial charge in [0, 0.05) is 12.2 Å². The summed E-state index contributed by atoms with van der Waals surface area (Å²) in [5, 5.41) is 18.8. The molecule has 7 heteroatoms. The molecule has 0 radical (unpaired) electrons. The van der Waals surface area contributed by atoms with E-state index in [0.717, 1.165) is 27.6 Å². The first-order chi connectivity index (χ1) is 14.8. The Morgan fingerprint density at radius 1 is 1.00 bits per heavy atom. The predicted octanol–water partition coefficient (Wildman–Crippen LogP) is 3.81. The number of hydrogen-bond acceptors (Lipinski definition) is 3. The van der Waals surface area contributed by atoms with Crippen LogP contribution < -0.4 is 16.0 Å². The Kier molecular flexibility index (Phi) is 5.33. The molecule has 3 amide bonds. The van der Waals surface area contributed by atoms with Gasteiger partial charge in [0.1, 0.15) is 5.54 Å². The normalized spacial score (nSPS) is 15.1. The summed E-state index contributed by atoms with van der Waals surface area (Å²) in [5.74, 6) is -0.000269. The lowest BCUT2D eigenvalue weighted by Gasteiger charge is -2.17. The maximum absolute atomic E-state index is 12.4. The molecule has 1 fully saturated rings. The van der Waals surface area contributed by atoms with Crippen LogP contribution in [0.4, 0.5) is 10.5 Å². The SMILES string of the molecule is CC1(C)NC(=N)N(Cc2ccc(CNC(=O)Nc3ccc4ccccc4c3)cc2)C1=O. The zero-order chi connectivity index (χ0) is 22.0. The van der Waals surface area contributed by atoms with Gasteiger partial charge in [0.25, 0.3) is 5.91 Å². The number of nitrogens with one attached hydrogen (secondary N) is 4. The second-order valence-electron chi connectivity index (χ2n) is 8.18. The number of carbonyl (C=O) groups excluding carboxylic acids is 2. The lowest BCUT2D eigenvalue weighted by atomic mass is 10.1. The Labute approximate surface area is 181 Å². The van der Waals surface area contributed by atoms with E-state index in [1.54, 1.807) is 13.8 Å². The molecule has 3 aromatic rings. The van der Waals surface area contributed by atoms with E-state index in [-0.39, 0.29) is 17.9 Å². The maximum atomic E-state index is 12.4. The Balaban J connectivity index is 1.31. The first-order valence-electron chi connectivity index (χ1n) is 10.1. The van der Waals surface area contributed by atoms with Crippen molar-refractivity contribution in [1.29, 1.82) is 5.41 Å². The molecule has 1 saturated heterocycles. The number of amides is 3. The van der Waals surface area contributed by atoms with Gasteiger partial charge in [0.05, 0.1) is 6.54 Å². The summed E-state index contributed by atoms with van der Waals surface area (Å²) < 4.78 is 0. The molecule has 0 bridgehead atoms. The third kappa shape index (κ3) is 4.50. The molecule has 3 aromatic carbocycles. The van der Waals surface area contributed by atoms with Crippen molar-refractivity contribution in [3.05, 3.63) is 77.9 Å². The lowest BCUT2D eigenvalue weighted by molar-refractivity contribution is -0.130. The molecule has 1 aliphatic rings. The van der Waals surface area contributed by atoms with Crippen molar-refractivity contribution in [2.45, 2.75) is 32.5 Å². The van der Waals surface area contributed by atoms with Crippen molar-refractivity contribution in [2.75, 3.05) is 5.32 Å². The Bertz CT molecular complexity index is 1150. The van der Waals surface area contributed by atoms with Crippen molar-refractivity contribution < 1.29 is 9.59 Å². The minimum Gasteiger partial charge on any atom is -0.342 e. The van der Waals surface area contributed by atoms with Gasteiger partial charge in [0.2, 0.25) is 0 Å². The summed E-state index contributed by atoms with van der Waals surface area (Å²) in [6.07, 6.45) is 0. The summed E-state index contributed by atoms with van der Waals surface area (Å²) in [6, 6.07) is 21.2.